The van der Waals surface area contributed by atoms with E-state index in [2.05, 4.69) is 36.5 Å². The van der Waals surface area contributed by atoms with Gasteiger partial charge in [-0.1, -0.05) is 36.8 Å². The first kappa shape index (κ1) is 13.8. The van der Waals surface area contributed by atoms with Crippen molar-refractivity contribution < 1.29 is 4.74 Å². The Morgan fingerprint density at radius 3 is 2.80 bits per heavy atom. The van der Waals surface area contributed by atoms with E-state index in [-0.39, 0.29) is 5.41 Å². The SMILES string of the molecule is CCNCC1(COC)C2=C(CCCC2)c2ccccc21. The Kier molecular flexibility index (Phi) is 3.95. The van der Waals surface area contributed by atoms with Gasteiger partial charge in [-0.05, 0) is 48.9 Å². The summed E-state index contributed by atoms with van der Waals surface area (Å²) in [6, 6.07) is 8.96. The molecule has 2 aliphatic carbocycles. The highest BCUT2D eigenvalue weighted by Gasteiger charge is 2.44. The maximum Gasteiger partial charge on any atom is 0.0609 e. The van der Waals surface area contributed by atoms with Crippen LogP contribution in [-0.4, -0.2) is 26.8 Å². The van der Waals surface area contributed by atoms with Crippen LogP contribution in [0.5, 0.6) is 0 Å². The van der Waals surface area contributed by atoms with Crippen molar-refractivity contribution in [2.45, 2.75) is 38.0 Å². The van der Waals surface area contributed by atoms with Crippen LogP contribution in [0.1, 0.15) is 43.7 Å². The lowest BCUT2D eigenvalue weighted by atomic mass is 9.74. The van der Waals surface area contributed by atoms with Crippen molar-refractivity contribution in [2.75, 3.05) is 26.8 Å². The highest BCUT2D eigenvalue weighted by Crippen LogP contribution is 2.51. The number of benzene rings is 1. The zero-order valence-corrected chi connectivity index (χ0v) is 12.7. The van der Waals surface area contributed by atoms with E-state index in [0.29, 0.717) is 0 Å². The smallest absolute Gasteiger partial charge is 0.0609 e. The number of nitrogens with one attached hydrogen (secondary N) is 1. The molecule has 0 saturated carbocycles. The predicted octanol–water partition coefficient (Wildman–Crippen LogP) is 3.52. The Bertz CT molecular complexity index is 520. The minimum atomic E-state index is 0.0666. The van der Waals surface area contributed by atoms with E-state index in [1.807, 2.05) is 7.11 Å². The number of ether oxygens (including phenoxy) is 1. The van der Waals surface area contributed by atoms with Crippen molar-refractivity contribution in [2.24, 2.45) is 0 Å². The third kappa shape index (κ3) is 2.02. The third-order valence-electron chi connectivity index (χ3n) is 4.88. The summed E-state index contributed by atoms with van der Waals surface area (Å²) in [6.07, 6.45) is 5.13. The molecule has 0 aromatic heterocycles. The van der Waals surface area contributed by atoms with E-state index in [1.165, 1.54) is 36.8 Å². The van der Waals surface area contributed by atoms with Crippen LogP contribution in [-0.2, 0) is 10.2 Å². The van der Waals surface area contributed by atoms with Gasteiger partial charge < -0.3 is 10.1 Å². The number of rotatable bonds is 5. The van der Waals surface area contributed by atoms with E-state index < -0.39 is 0 Å². The average Bonchev–Trinajstić information content (AvgIpc) is 2.78. The van der Waals surface area contributed by atoms with Crippen molar-refractivity contribution >= 4 is 5.57 Å². The molecule has 1 aromatic rings. The highest BCUT2D eigenvalue weighted by atomic mass is 16.5. The predicted molar refractivity (Wildman–Crippen MR) is 83.9 cm³/mol. The number of likely N-dealkylation sites (N-methyl/N-ethyl adjacent to an activating group) is 1. The van der Waals surface area contributed by atoms with Crippen LogP contribution in [0.3, 0.4) is 0 Å². The van der Waals surface area contributed by atoms with Crippen molar-refractivity contribution in [3.05, 3.63) is 41.0 Å². The van der Waals surface area contributed by atoms with Gasteiger partial charge in [-0.2, -0.15) is 0 Å². The van der Waals surface area contributed by atoms with Gasteiger partial charge in [0.05, 0.1) is 12.0 Å². The monoisotopic (exact) mass is 271 g/mol. The Hall–Kier alpha value is -1.12. The fraction of sp³-hybridized carbons (Fsp3) is 0.556. The van der Waals surface area contributed by atoms with Crippen LogP contribution < -0.4 is 5.32 Å². The van der Waals surface area contributed by atoms with Gasteiger partial charge in [-0.25, -0.2) is 0 Å². The minimum Gasteiger partial charge on any atom is -0.383 e. The third-order valence-corrected chi connectivity index (χ3v) is 4.88. The van der Waals surface area contributed by atoms with Gasteiger partial charge in [-0.15, -0.1) is 0 Å². The van der Waals surface area contributed by atoms with Gasteiger partial charge in [0.25, 0.3) is 0 Å². The lowest BCUT2D eigenvalue weighted by molar-refractivity contribution is 0.144. The van der Waals surface area contributed by atoms with Gasteiger partial charge in [0.15, 0.2) is 0 Å². The number of fused-ring (bicyclic) bond motifs is 2. The van der Waals surface area contributed by atoms with Gasteiger partial charge in [-0.3, -0.25) is 0 Å². The van der Waals surface area contributed by atoms with E-state index in [9.17, 15) is 0 Å². The van der Waals surface area contributed by atoms with E-state index in [0.717, 1.165) is 19.7 Å². The number of allylic oxidation sites excluding steroid dienone is 1. The maximum atomic E-state index is 5.66. The molecule has 1 unspecified atom stereocenters. The molecule has 0 fully saturated rings. The fourth-order valence-corrected chi connectivity index (χ4v) is 4.06. The van der Waals surface area contributed by atoms with Crippen molar-refractivity contribution in [3.8, 4) is 0 Å². The Morgan fingerprint density at radius 2 is 2.00 bits per heavy atom. The number of hydrogen-bond donors (Lipinski definition) is 1. The zero-order chi connectivity index (χ0) is 14.0. The molecule has 2 heteroatoms. The van der Waals surface area contributed by atoms with Crippen LogP contribution in [0.15, 0.2) is 29.8 Å². The summed E-state index contributed by atoms with van der Waals surface area (Å²) in [5.74, 6) is 0. The van der Waals surface area contributed by atoms with Crippen LogP contribution >= 0.6 is 0 Å². The molecule has 0 saturated heterocycles. The summed E-state index contributed by atoms with van der Waals surface area (Å²) >= 11 is 0. The molecule has 108 valence electrons. The zero-order valence-electron chi connectivity index (χ0n) is 12.7. The van der Waals surface area contributed by atoms with E-state index >= 15 is 0 Å². The summed E-state index contributed by atoms with van der Waals surface area (Å²) in [4.78, 5) is 0. The van der Waals surface area contributed by atoms with E-state index in [4.69, 9.17) is 4.74 Å². The Balaban J connectivity index is 2.12. The molecule has 0 spiro atoms. The lowest BCUT2D eigenvalue weighted by Gasteiger charge is -2.35. The first-order chi connectivity index (χ1) is 9.83. The average molecular weight is 271 g/mol. The lowest BCUT2D eigenvalue weighted by Crippen LogP contribution is -2.42. The molecule has 1 aromatic carbocycles. The molecule has 2 nitrogen and oxygen atoms in total. The molecule has 3 rings (SSSR count). The van der Waals surface area contributed by atoms with Gasteiger partial charge in [0.2, 0.25) is 0 Å². The summed E-state index contributed by atoms with van der Waals surface area (Å²) in [5, 5.41) is 3.58. The number of hydrogen-bond acceptors (Lipinski definition) is 2. The summed E-state index contributed by atoms with van der Waals surface area (Å²) < 4.78 is 5.66. The molecular weight excluding hydrogens is 246 g/mol. The maximum absolute atomic E-state index is 5.66. The molecule has 0 heterocycles. The Labute approximate surface area is 122 Å². The standard InChI is InChI=1S/C18H25NO/c1-3-19-12-18(13-20-2)16-10-6-4-8-14(16)15-9-5-7-11-17(15)18/h4,6,8,10,19H,3,5,7,9,11-13H2,1-2H3. The molecule has 0 bridgehead atoms. The first-order valence-electron chi connectivity index (χ1n) is 7.85. The summed E-state index contributed by atoms with van der Waals surface area (Å²) in [5.41, 5.74) is 6.29. The molecule has 2 aliphatic rings. The molecule has 1 N–H and O–H groups in total. The quantitative estimate of drug-likeness (QED) is 0.884. The van der Waals surface area contributed by atoms with Gasteiger partial charge >= 0.3 is 0 Å². The normalized spacial score (nSPS) is 24.7. The second-order valence-electron chi connectivity index (χ2n) is 6.01. The van der Waals surface area contributed by atoms with Gasteiger partial charge in [0, 0.05) is 13.7 Å². The van der Waals surface area contributed by atoms with Crippen LogP contribution in [0.4, 0.5) is 0 Å². The second-order valence-corrected chi connectivity index (χ2v) is 6.01. The highest BCUT2D eigenvalue weighted by molar-refractivity contribution is 5.81. The number of methoxy groups -OCH3 is 1. The van der Waals surface area contributed by atoms with Gasteiger partial charge in [0.1, 0.15) is 0 Å². The van der Waals surface area contributed by atoms with Crippen LogP contribution in [0, 0.1) is 0 Å². The van der Waals surface area contributed by atoms with Crippen molar-refractivity contribution in [3.63, 3.8) is 0 Å². The summed E-state index contributed by atoms with van der Waals surface area (Å²) in [6.45, 7) is 4.97. The largest absolute Gasteiger partial charge is 0.383 e. The second kappa shape index (κ2) is 5.71. The minimum absolute atomic E-state index is 0.0666. The first-order valence-corrected chi connectivity index (χ1v) is 7.85. The fourth-order valence-electron chi connectivity index (χ4n) is 4.06. The van der Waals surface area contributed by atoms with Crippen LogP contribution in [0.2, 0.25) is 0 Å². The Morgan fingerprint density at radius 1 is 1.20 bits per heavy atom. The molecule has 0 amide bonds. The molecule has 20 heavy (non-hydrogen) atoms. The molecule has 0 radical (unpaired) electrons. The van der Waals surface area contributed by atoms with E-state index in [1.54, 1.807) is 11.1 Å². The topological polar surface area (TPSA) is 21.3 Å². The molecule has 0 aliphatic heterocycles. The van der Waals surface area contributed by atoms with Crippen molar-refractivity contribution in [1.82, 2.24) is 5.32 Å². The summed E-state index contributed by atoms with van der Waals surface area (Å²) in [7, 11) is 1.83. The van der Waals surface area contributed by atoms with Crippen molar-refractivity contribution in [1.29, 1.82) is 0 Å². The molecule has 1 atom stereocenters. The molecular formula is C18H25NO. The van der Waals surface area contributed by atoms with Crippen LogP contribution in [0.25, 0.3) is 5.57 Å².